The Kier molecular flexibility index (Phi) is 3.14. The van der Waals surface area contributed by atoms with Crippen molar-refractivity contribution >= 4 is 11.7 Å². The Morgan fingerprint density at radius 1 is 1.45 bits per heavy atom. The molecule has 0 amide bonds. The number of esters is 1. The average Bonchev–Trinajstić information content (AvgIpc) is 2.89. The summed E-state index contributed by atoms with van der Waals surface area (Å²) in [7, 11) is 1.41. The molecule has 1 aliphatic heterocycles. The number of anilines is 1. The van der Waals surface area contributed by atoms with Crippen molar-refractivity contribution in [2.45, 2.75) is 19.4 Å². The van der Waals surface area contributed by atoms with Gasteiger partial charge in [0.1, 0.15) is 5.82 Å². The van der Waals surface area contributed by atoms with E-state index in [9.17, 15) is 4.79 Å². The SMILES string of the molecule is COC(=O)C1CCc2nc(-c3ccccc3N)nn2C1. The van der Waals surface area contributed by atoms with Crippen LogP contribution in [0.25, 0.3) is 11.4 Å². The van der Waals surface area contributed by atoms with Gasteiger partial charge in [-0.25, -0.2) is 9.67 Å². The second-order valence-corrected chi connectivity index (χ2v) is 4.88. The molecule has 0 aliphatic carbocycles. The number of aryl methyl sites for hydroxylation is 1. The van der Waals surface area contributed by atoms with Crippen LogP contribution in [0.5, 0.6) is 0 Å². The molecule has 1 atom stereocenters. The Morgan fingerprint density at radius 3 is 3.00 bits per heavy atom. The third kappa shape index (κ3) is 2.13. The van der Waals surface area contributed by atoms with Crippen LogP contribution in [-0.4, -0.2) is 27.8 Å². The van der Waals surface area contributed by atoms with Crippen molar-refractivity contribution in [3.05, 3.63) is 30.1 Å². The van der Waals surface area contributed by atoms with Gasteiger partial charge in [-0.2, -0.15) is 5.10 Å². The second-order valence-electron chi connectivity index (χ2n) is 4.88. The predicted molar refractivity (Wildman–Crippen MR) is 73.7 cm³/mol. The van der Waals surface area contributed by atoms with Crippen LogP contribution in [0.1, 0.15) is 12.2 Å². The number of aromatic nitrogens is 3. The van der Waals surface area contributed by atoms with Gasteiger partial charge in [-0.1, -0.05) is 12.1 Å². The first-order valence-corrected chi connectivity index (χ1v) is 6.55. The van der Waals surface area contributed by atoms with E-state index in [-0.39, 0.29) is 11.9 Å². The number of nitrogens with zero attached hydrogens (tertiary/aromatic N) is 3. The zero-order valence-corrected chi connectivity index (χ0v) is 11.2. The highest BCUT2D eigenvalue weighted by Crippen LogP contribution is 2.26. The van der Waals surface area contributed by atoms with Crippen LogP contribution in [-0.2, 0) is 22.5 Å². The van der Waals surface area contributed by atoms with Gasteiger partial charge in [0.15, 0.2) is 5.82 Å². The van der Waals surface area contributed by atoms with Crippen LogP contribution in [0.15, 0.2) is 24.3 Å². The zero-order valence-electron chi connectivity index (χ0n) is 11.2. The molecule has 6 nitrogen and oxygen atoms in total. The number of rotatable bonds is 2. The molecule has 20 heavy (non-hydrogen) atoms. The van der Waals surface area contributed by atoms with Gasteiger partial charge in [-0.3, -0.25) is 4.79 Å². The number of benzene rings is 1. The number of ether oxygens (including phenoxy) is 1. The molecule has 0 radical (unpaired) electrons. The number of nitrogen functional groups attached to an aromatic ring is 1. The van der Waals surface area contributed by atoms with Gasteiger partial charge in [-0.15, -0.1) is 0 Å². The summed E-state index contributed by atoms with van der Waals surface area (Å²) in [5.74, 6) is 1.18. The highest BCUT2D eigenvalue weighted by atomic mass is 16.5. The summed E-state index contributed by atoms with van der Waals surface area (Å²) in [4.78, 5) is 16.1. The zero-order chi connectivity index (χ0) is 14.1. The smallest absolute Gasteiger partial charge is 0.310 e. The fourth-order valence-corrected chi connectivity index (χ4v) is 2.48. The summed E-state index contributed by atoms with van der Waals surface area (Å²) in [5.41, 5.74) is 7.42. The molecule has 2 aromatic rings. The Bertz CT molecular complexity index is 650. The summed E-state index contributed by atoms with van der Waals surface area (Å²) in [6.45, 7) is 0.516. The van der Waals surface area contributed by atoms with Gasteiger partial charge in [0.25, 0.3) is 0 Å². The lowest BCUT2D eigenvalue weighted by Gasteiger charge is -2.19. The van der Waals surface area contributed by atoms with Crippen molar-refractivity contribution in [1.29, 1.82) is 0 Å². The fraction of sp³-hybridized carbons (Fsp3) is 0.357. The van der Waals surface area contributed by atoms with E-state index in [1.54, 1.807) is 4.68 Å². The summed E-state index contributed by atoms with van der Waals surface area (Å²) in [6, 6.07) is 7.51. The van der Waals surface area contributed by atoms with Gasteiger partial charge in [0.05, 0.1) is 19.6 Å². The van der Waals surface area contributed by atoms with Crippen LogP contribution in [0.3, 0.4) is 0 Å². The number of para-hydroxylation sites is 1. The molecule has 1 aromatic carbocycles. The molecule has 2 N–H and O–H groups in total. The lowest BCUT2D eigenvalue weighted by atomic mass is 10.0. The van der Waals surface area contributed by atoms with Crippen LogP contribution in [0.2, 0.25) is 0 Å². The fourth-order valence-electron chi connectivity index (χ4n) is 2.48. The number of nitrogens with two attached hydrogens (primary N) is 1. The Hall–Kier alpha value is -2.37. The van der Waals surface area contributed by atoms with Crippen LogP contribution in [0, 0.1) is 5.92 Å². The van der Waals surface area contributed by atoms with Crippen LogP contribution >= 0.6 is 0 Å². The first kappa shape index (κ1) is 12.7. The van der Waals surface area contributed by atoms with E-state index in [1.807, 2.05) is 24.3 Å². The van der Waals surface area contributed by atoms with E-state index < -0.39 is 0 Å². The van der Waals surface area contributed by atoms with Crippen molar-refractivity contribution in [2.24, 2.45) is 5.92 Å². The molecular formula is C14H16N4O2. The normalized spacial score (nSPS) is 17.6. The van der Waals surface area contributed by atoms with E-state index in [0.717, 1.165) is 24.2 Å². The quantitative estimate of drug-likeness (QED) is 0.657. The molecule has 0 saturated heterocycles. The number of carbonyl (C=O) groups excluding carboxylic acids is 1. The lowest BCUT2D eigenvalue weighted by Crippen LogP contribution is -2.28. The molecule has 1 aromatic heterocycles. The molecule has 6 heteroatoms. The van der Waals surface area contributed by atoms with Gasteiger partial charge in [0.2, 0.25) is 0 Å². The summed E-state index contributed by atoms with van der Waals surface area (Å²) in [5, 5.41) is 4.47. The van der Waals surface area contributed by atoms with Crippen molar-refractivity contribution < 1.29 is 9.53 Å². The van der Waals surface area contributed by atoms with Crippen molar-refractivity contribution in [1.82, 2.24) is 14.8 Å². The maximum absolute atomic E-state index is 11.6. The molecule has 2 heterocycles. The Balaban J connectivity index is 1.91. The van der Waals surface area contributed by atoms with Crippen LogP contribution in [0.4, 0.5) is 5.69 Å². The van der Waals surface area contributed by atoms with Gasteiger partial charge in [-0.05, 0) is 18.6 Å². The van der Waals surface area contributed by atoms with Gasteiger partial charge >= 0.3 is 5.97 Å². The largest absolute Gasteiger partial charge is 0.469 e. The molecular weight excluding hydrogens is 256 g/mol. The average molecular weight is 272 g/mol. The third-order valence-electron chi connectivity index (χ3n) is 3.59. The summed E-state index contributed by atoms with van der Waals surface area (Å²) in [6.07, 6.45) is 1.47. The first-order valence-electron chi connectivity index (χ1n) is 6.55. The number of fused-ring (bicyclic) bond motifs is 1. The lowest BCUT2D eigenvalue weighted by molar-refractivity contribution is -0.146. The third-order valence-corrected chi connectivity index (χ3v) is 3.59. The number of methoxy groups -OCH3 is 1. The minimum atomic E-state index is -0.188. The topological polar surface area (TPSA) is 83.0 Å². The number of carbonyl (C=O) groups is 1. The van der Waals surface area contributed by atoms with Crippen molar-refractivity contribution in [3.8, 4) is 11.4 Å². The molecule has 1 aliphatic rings. The van der Waals surface area contributed by atoms with E-state index in [0.29, 0.717) is 18.1 Å². The van der Waals surface area contributed by atoms with Crippen LogP contribution < -0.4 is 5.73 Å². The maximum Gasteiger partial charge on any atom is 0.310 e. The van der Waals surface area contributed by atoms with E-state index in [1.165, 1.54) is 7.11 Å². The van der Waals surface area contributed by atoms with Gasteiger partial charge in [0, 0.05) is 17.7 Å². The molecule has 0 bridgehead atoms. The Morgan fingerprint density at radius 2 is 2.25 bits per heavy atom. The number of hydrogen-bond acceptors (Lipinski definition) is 5. The molecule has 0 fully saturated rings. The summed E-state index contributed by atoms with van der Waals surface area (Å²) < 4.78 is 6.58. The van der Waals surface area contributed by atoms with E-state index in [4.69, 9.17) is 10.5 Å². The minimum absolute atomic E-state index is 0.143. The highest BCUT2D eigenvalue weighted by Gasteiger charge is 2.27. The maximum atomic E-state index is 11.6. The molecule has 104 valence electrons. The molecule has 0 spiro atoms. The monoisotopic (exact) mass is 272 g/mol. The first-order chi connectivity index (χ1) is 9.69. The van der Waals surface area contributed by atoms with E-state index in [2.05, 4.69) is 10.1 Å². The van der Waals surface area contributed by atoms with Crippen molar-refractivity contribution in [3.63, 3.8) is 0 Å². The minimum Gasteiger partial charge on any atom is -0.469 e. The second kappa shape index (κ2) is 4.96. The molecule has 3 rings (SSSR count). The van der Waals surface area contributed by atoms with Crippen molar-refractivity contribution in [2.75, 3.05) is 12.8 Å². The predicted octanol–water partition coefficient (Wildman–Crippen LogP) is 1.26. The molecule has 1 unspecified atom stereocenters. The van der Waals surface area contributed by atoms with Gasteiger partial charge < -0.3 is 10.5 Å². The Labute approximate surface area is 116 Å². The molecule has 0 saturated carbocycles. The van der Waals surface area contributed by atoms with E-state index >= 15 is 0 Å². The number of hydrogen-bond donors (Lipinski definition) is 1. The highest BCUT2D eigenvalue weighted by molar-refractivity contribution is 5.73. The summed E-state index contributed by atoms with van der Waals surface area (Å²) >= 11 is 0. The standard InChI is InChI=1S/C14H16N4O2/c1-20-14(19)9-6-7-12-16-13(17-18(12)8-9)10-4-2-3-5-11(10)15/h2-5,9H,6-8,15H2,1H3.